The van der Waals surface area contributed by atoms with Crippen molar-refractivity contribution in [2.24, 2.45) is 0 Å². The second-order valence-electron chi connectivity index (χ2n) is 6.45. The van der Waals surface area contributed by atoms with Gasteiger partial charge in [0, 0.05) is 24.8 Å². The molecule has 1 saturated heterocycles. The number of hydrogen-bond donors (Lipinski definition) is 0. The molecular formula is C21H20FN3O3. The molecule has 2 heterocycles. The van der Waals surface area contributed by atoms with E-state index in [1.807, 2.05) is 24.3 Å². The van der Waals surface area contributed by atoms with Gasteiger partial charge in [-0.2, -0.15) is 5.10 Å². The lowest BCUT2D eigenvalue weighted by molar-refractivity contribution is 0.0303. The zero-order chi connectivity index (χ0) is 19.5. The van der Waals surface area contributed by atoms with Crippen molar-refractivity contribution in [3.63, 3.8) is 0 Å². The van der Waals surface area contributed by atoms with Crippen LogP contribution in [0.25, 0.3) is 16.9 Å². The third kappa shape index (κ3) is 3.61. The molecule has 4 rings (SSSR count). The molecule has 6 nitrogen and oxygen atoms in total. The van der Waals surface area contributed by atoms with Crippen LogP contribution in [0.5, 0.6) is 5.75 Å². The number of carbonyl (C=O) groups excluding carboxylic acids is 1. The van der Waals surface area contributed by atoms with Crippen molar-refractivity contribution in [2.45, 2.75) is 0 Å². The number of amides is 1. The van der Waals surface area contributed by atoms with Crippen molar-refractivity contribution in [1.29, 1.82) is 0 Å². The van der Waals surface area contributed by atoms with E-state index in [0.29, 0.717) is 49.0 Å². The summed E-state index contributed by atoms with van der Waals surface area (Å²) >= 11 is 0. The average Bonchev–Trinajstić information content (AvgIpc) is 3.20. The van der Waals surface area contributed by atoms with E-state index in [0.717, 1.165) is 5.56 Å². The zero-order valence-electron chi connectivity index (χ0n) is 15.5. The predicted molar refractivity (Wildman–Crippen MR) is 102 cm³/mol. The van der Waals surface area contributed by atoms with Crippen molar-refractivity contribution in [1.82, 2.24) is 14.7 Å². The highest BCUT2D eigenvalue weighted by molar-refractivity contribution is 6.00. The van der Waals surface area contributed by atoms with Crippen LogP contribution in [0.3, 0.4) is 0 Å². The van der Waals surface area contributed by atoms with Crippen molar-refractivity contribution in [2.75, 3.05) is 33.4 Å². The molecule has 0 radical (unpaired) electrons. The molecule has 1 aliphatic rings. The van der Waals surface area contributed by atoms with E-state index in [9.17, 15) is 9.18 Å². The summed E-state index contributed by atoms with van der Waals surface area (Å²) in [5, 5.41) is 4.63. The SMILES string of the molecule is COc1cccc(-c2nn(-c3ccc(F)cc3)cc2C(=O)N2CCOCC2)c1. The number of carbonyl (C=O) groups is 1. The number of halogens is 1. The van der Waals surface area contributed by atoms with Crippen molar-refractivity contribution in [3.05, 3.63) is 66.1 Å². The molecule has 1 amide bonds. The van der Waals surface area contributed by atoms with Gasteiger partial charge in [-0.05, 0) is 36.4 Å². The molecule has 0 unspecified atom stereocenters. The van der Waals surface area contributed by atoms with Crippen LogP contribution >= 0.6 is 0 Å². The monoisotopic (exact) mass is 381 g/mol. The summed E-state index contributed by atoms with van der Waals surface area (Å²) in [6.07, 6.45) is 1.69. The fourth-order valence-electron chi connectivity index (χ4n) is 3.18. The van der Waals surface area contributed by atoms with E-state index in [4.69, 9.17) is 9.47 Å². The molecule has 28 heavy (non-hydrogen) atoms. The van der Waals surface area contributed by atoms with E-state index in [-0.39, 0.29) is 11.7 Å². The molecule has 7 heteroatoms. The van der Waals surface area contributed by atoms with E-state index >= 15 is 0 Å². The maximum absolute atomic E-state index is 13.3. The Labute approximate surface area is 162 Å². The van der Waals surface area contributed by atoms with Gasteiger partial charge in [0.1, 0.15) is 17.3 Å². The Kier molecular flexibility index (Phi) is 5.08. The van der Waals surface area contributed by atoms with Crippen LogP contribution < -0.4 is 4.74 Å². The molecule has 0 bridgehead atoms. The Hall–Kier alpha value is -3.19. The summed E-state index contributed by atoms with van der Waals surface area (Å²) in [6, 6.07) is 13.4. The standard InChI is InChI=1S/C21H20FN3O3/c1-27-18-4-2-3-15(13-18)20-19(21(26)24-9-11-28-12-10-24)14-25(23-20)17-7-5-16(22)6-8-17/h2-8,13-14H,9-12H2,1H3. The lowest BCUT2D eigenvalue weighted by Crippen LogP contribution is -2.40. The van der Waals surface area contributed by atoms with Gasteiger partial charge in [0.05, 0.1) is 31.6 Å². The second kappa shape index (κ2) is 7.82. The van der Waals surface area contributed by atoms with Crippen molar-refractivity contribution in [3.8, 4) is 22.7 Å². The maximum Gasteiger partial charge on any atom is 0.257 e. The number of ether oxygens (including phenoxy) is 2. The fourth-order valence-corrected chi connectivity index (χ4v) is 3.18. The number of hydrogen-bond acceptors (Lipinski definition) is 4. The Morgan fingerprint density at radius 3 is 2.61 bits per heavy atom. The molecule has 0 N–H and O–H groups in total. The number of aromatic nitrogens is 2. The first-order valence-electron chi connectivity index (χ1n) is 9.03. The summed E-state index contributed by atoms with van der Waals surface area (Å²) in [6.45, 7) is 2.12. The van der Waals surface area contributed by atoms with Crippen LogP contribution in [0, 0.1) is 5.82 Å². The van der Waals surface area contributed by atoms with E-state index in [2.05, 4.69) is 5.10 Å². The lowest BCUT2D eigenvalue weighted by Gasteiger charge is -2.26. The third-order valence-corrected chi connectivity index (χ3v) is 4.68. The van der Waals surface area contributed by atoms with Gasteiger partial charge in [-0.15, -0.1) is 0 Å². The Balaban J connectivity index is 1.79. The molecule has 0 spiro atoms. The van der Waals surface area contributed by atoms with Crippen LogP contribution in [-0.2, 0) is 4.74 Å². The maximum atomic E-state index is 13.3. The largest absolute Gasteiger partial charge is 0.497 e. The zero-order valence-corrected chi connectivity index (χ0v) is 15.5. The Morgan fingerprint density at radius 1 is 1.14 bits per heavy atom. The highest BCUT2D eigenvalue weighted by atomic mass is 19.1. The summed E-state index contributed by atoms with van der Waals surface area (Å²) in [5.74, 6) is 0.252. The van der Waals surface area contributed by atoms with Crippen LogP contribution in [0.2, 0.25) is 0 Å². The number of methoxy groups -OCH3 is 1. The predicted octanol–water partition coefficient (Wildman–Crippen LogP) is 3.16. The van der Waals surface area contributed by atoms with Gasteiger partial charge in [0.2, 0.25) is 0 Å². The van der Waals surface area contributed by atoms with Crippen LogP contribution in [0.15, 0.2) is 54.7 Å². The third-order valence-electron chi connectivity index (χ3n) is 4.68. The summed E-state index contributed by atoms with van der Waals surface area (Å²) in [7, 11) is 1.59. The minimum Gasteiger partial charge on any atom is -0.497 e. The van der Waals surface area contributed by atoms with Gasteiger partial charge in [0.25, 0.3) is 5.91 Å². The molecule has 1 fully saturated rings. The topological polar surface area (TPSA) is 56.6 Å². The number of benzene rings is 2. The number of nitrogens with zero attached hydrogens (tertiary/aromatic N) is 3. The molecule has 1 aliphatic heterocycles. The van der Waals surface area contributed by atoms with Crippen molar-refractivity contribution < 1.29 is 18.7 Å². The Bertz CT molecular complexity index is 979. The van der Waals surface area contributed by atoms with Gasteiger partial charge >= 0.3 is 0 Å². The molecule has 3 aromatic rings. The van der Waals surface area contributed by atoms with E-state index in [1.54, 1.807) is 35.0 Å². The van der Waals surface area contributed by atoms with Crippen molar-refractivity contribution >= 4 is 5.91 Å². The molecule has 2 aromatic carbocycles. The molecular weight excluding hydrogens is 361 g/mol. The van der Waals surface area contributed by atoms with Gasteiger partial charge in [-0.3, -0.25) is 4.79 Å². The highest BCUT2D eigenvalue weighted by Gasteiger charge is 2.25. The minimum absolute atomic E-state index is 0.102. The first-order valence-corrected chi connectivity index (χ1v) is 9.03. The van der Waals surface area contributed by atoms with Gasteiger partial charge < -0.3 is 14.4 Å². The number of morpholine rings is 1. The van der Waals surface area contributed by atoms with Gasteiger partial charge in [0.15, 0.2) is 0 Å². The summed E-state index contributed by atoms with van der Waals surface area (Å²) in [5.41, 5.74) is 2.49. The van der Waals surface area contributed by atoms with Crippen LogP contribution in [-0.4, -0.2) is 54.0 Å². The molecule has 1 aromatic heterocycles. The average molecular weight is 381 g/mol. The normalized spacial score (nSPS) is 14.1. The highest BCUT2D eigenvalue weighted by Crippen LogP contribution is 2.28. The summed E-state index contributed by atoms with van der Waals surface area (Å²) in [4.78, 5) is 14.9. The first-order chi connectivity index (χ1) is 13.7. The minimum atomic E-state index is -0.325. The lowest BCUT2D eigenvalue weighted by atomic mass is 10.1. The first kappa shape index (κ1) is 18.2. The fraction of sp³-hybridized carbons (Fsp3) is 0.238. The van der Waals surface area contributed by atoms with E-state index < -0.39 is 0 Å². The smallest absolute Gasteiger partial charge is 0.257 e. The van der Waals surface area contributed by atoms with E-state index in [1.165, 1.54) is 12.1 Å². The molecule has 0 saturated carbocycles. The Morgan fingerprint density at radius 2 is 1.89 bits per heavy atom. The van der Waals surface area contributed by atoms with Gasteiger partial charge in [-0.1, -0.05) is 12.1 Å². The second-order valence-corrected chi connectivity index (χ2v) is 6.45. The van der Waals surface area contributed by atoms with Crippen LogP contribution in [0.4, 0.5) is 4.39 Å². The van der Waals surface area contributed by atoms with Gasteiger partial charge in [-0.25, -0.2) is 9.07 Å². The quantitative estimate of drug-likeness (QED) is 0.697. The summed E-state index contributed by atoms with van der Waals surface area (Å²) < 4.78 is 25.5. The molecule has 0 atom stereocenters. The molecule has 0 aliphatic carbocycles. The molecule has 144 valence electrons. The van der Waals surface area contributed by atoms with Crippen LogP contribution in [0.1, 0.15) is 10.4 Å². The number of rotatable bonds is 4.